The molecule has 0 unspecified atom stereocenters. The lowest BCUT2D eigenvalue weighted by atomic mass is 9.97. The molecule has 0 saturated heterocycles. The minimum absolute atomic E-state index is 0.350. The molecule has 108 valence electrons. The van der Waals surface area contributed by atoms with Crippen LogP contribution in [0.15, 0.2) is 0 Å². The van der Waals surface area contributed by atoms with Gasteiger partial charge < -0.3 is 5.32 Å². The van der Waals surface area contributed by atoms with Crippen molar-refractivity contribution in [2.24, 2.45) is 5.92 Å². The molecule has 5 heteroatoms. The van der Waals surface area contributed by atoms with Crippen LogP contribution in [0.25, 0.3) is 10.2 Å². The van der Waals surface area contributed by atoms with E-state index >= 15 is 0 Å². The summed E-state index contributed by atoms with van der Waals surface area (Å²) in [7, 11) is 0. The molecule has 20 heavy (non-hydrogen) atoms. The Labute approximate surface area is 128 Å². The molecule has 0 fully saturated rings. The molecular weight excluding hydrogens is 290 g/mol. The van der Waals surface area contributed by atoms with E-state index in [1.165, 1.54) is 35.1 Å². The number of fused-ring (bicyclic) bond motifs is 3. The molecule has 0 spiro atoms. The van der Waals surface area contributed by atoms with Crippen molar-refractivity contribution < 1.29 is 0 Å². The fourth-order valence-corrected chi connectivity index (χ4v) is 4.22. The number of anilines is 1. The van der Waals surface area contributed by atoms with Gasteiger partial charge in [0.05, 0.1) is 5.39 Å². The predicted octanol–water partition coefficient (Wildman–Crippen LogP) is 4.68. The quantitative estimate of drug-likeness (QED) is 0.833. The Balaban J connectivity index is 1.98. The van der Waals surface area contributed by atoms with Gasteiger partial charge in [-0.15, -0.1) is 11.3 Å². The van der Waals surface area contributed by atoms with Crippen LogP contribution in [0.2, 0.25) is 5.28 Å². The maximum Gasteiger partial charge on any atom is 0.225 e. The van der Waals surface area contributed by atoms with E-state index in [1.807, 2.05) is 0 Å². The Hall–Kier alpha value is -0.870. The van der Waals surface area contributed by atoms with Crippen molar-refractivity contribution in [2.75, 3.05) is 11.9 Å². The highest BCUT2D eigenvalue weighted by Gasteiger charge is 2.20. The van der Waals surface area contributed by atoms with Crippen molar-refractivity contribution in [3.8, 4) is 0 Å². The summed E-state index contributed by atoms with van der Waals surface area (Å²) < 4.78 is 0. The zero-order chi connectivity index (χ0) is 14.1. The van der Waals surface area contributed by atoms with Crippen molar-refractivity contribution in [2.45, 2.75) is 46.0 Å². The molecule has 1 N–H and O–H groups in total. The van der Waals surface area contributed by atoms with E-state index in [2.05, 4.69) is 29.1 Å². The van der Waals surface area contributed by atoms with Crippen molar-refractivity contribution in [3.05, 3.63) is 15.7 Å². The first-order chi connectivity index (χ1) is 9.65. The molecule has 0 bridgehead atoms. The zero-order valence-electron chi connectivity index (χ0n) is 12.0. The van der Waals surface area contributed by atoms with Gasteiger partial charge in [-0.1, -0.05) is 13.8 Å². The first-order valence-corrected chi connectivity index (χ1v) is 8.56. The summed E-state index contributed by atoms with van der Waals surface area (Å²) in [4.78, 5) is 11.4. The Bertz CT molecular complexity index is 621. The van der Waals surface area contributed by atoms with Crippen LogP contribution >= 0.6 is 22.9 Å². The Morgan fingerprint density at radius 3 is 2.85 bits per heavy atom. The lowest BCUT2D eigenvalue weighted by Crippen LogP contribution is -2.08. The molecule has 3 rings (SSSR count). The third-order valence-corrected chi connectivity index (χ3v) is 5.16. The van der Waals surface area contributed by atoms with E-state index < -0.39 is 0 Å². The number of thiophene rings is 1. The summed E-state index contributed by atoms with van der Waals surface area (Å²) in [5, 5.41) is 5.04. The summed E-state index contributed by atoms with van der Waals surface area (Å²) >= 11 is 7.87. The molecule has 0 atom stereocenters. The van der Waals surface area contributed by atoms with Crippen molar-refractivity contribution in [1.82, 2.24) is 9.97 Å². The molecule has 0 radical (unpaired) electrons. The second-order valence-electron chi connectivity index (χ2n) is 5.84. The van der Waals surface area contributed by atoms with Crippen molar-refractivity contribution in [1.29, 1.82) is 0 Å². The van der Waals surface area contributed by atoms with Crippen LogP contribution in [0.5, 0.6) is 0 Å². The Morgan fingerprint density at radius 1 is 1.25 bits per heavy atom. The minimum atomic E-state index is 0.350. The van der Waals surface area contributed by atoms with Gasteiger partial charge in [0.15, 0.2) is 0 Å². The maximum absolute atomic E-state index is 6.07. The highest BCUT2D eigenvalue weighted by atomic mass is 35.5. The molecule has 0 amide bonds. The van der Waals surface area contributed by atoms with E-state index in [0.29, 0.717) is 11.2 Å². The first-order valence-electron chi connectivity index (χ1n) is 7.37. The largest absolute Gasteiger partial charge is 0.369 e. The van der Waals surface area contributed by atoms with Gasteiger partial charge in [0.25, 0.3) is 0 Å². The Kier molecular flexibility index (Phi) is 4.13. The molecule has 2 heterocycles. The summed E-state index contributed by atoms with van der Waals surface area (Å²) in [6.45, 7) is 5.40. The number of aromatic nitrogens is 2. The van der Waals surface area contributed by atoms with Crippen LogP contribution in [0.3, 0.4) is 0 Å². The summed E-state index contributed by atoms with van der Waals surface area (Å²) in [6, 6.07) is 0. The van der Waals surface area contributed by atoms with Crippen LogP contribution in [0, 0.1) is 5.92 Å². The number of aryl methyl sites for hydroxylation is 2. The van der Waals surface area contributed by atoms with Gasteiger partial charge in [0.2, 0.25) is 5.28 Å². The topological polar surface area (TPSA) is 37.8 Å². The number of halogens is 1. The normalized spacial score (nSPS) is 14.8. The lowest BCUT2D eigenvalue weighted by Gasteiger charge is -2.13. The van der Waals surface area contributed by atoms with E-state index in [4.69, 9.17) is 11.6 Å². The summed E-state index contributed by atoms with van der Waals surface area (Å²) in [5.41, 5.74) is 1.46. The summed E-state index contributed by atoms with van der Waals surface area (Å²) in [5.74, 6) is 1.62. The fraction of sp³-hybridized carbons (Fsp3) is 0.600. The minimum Gasteiger partial charge on any atom is -0.369 e. The highest BCUT2D eigenvalue weighted by molar-refractivity contribution is 7.19. The van der Waals surface area contributed by atoms with Gasteiger partial charge in [-0.25, -0.2) is 9.97 Å². The molecule has 2 aromatic heterocycles. The average molecular weight is 310 g/mol. The molecule has 0 aromatic carbocycles. The third kappa shape index (κ3) is 2.77. The molecule has 1 aliphatic rings. The van der Waals surface area contributed by atoms with Crippen LogP contribution in [-0.4, -0.2) is 16.5 Å². The highest BCUT2D eigenvalue weighted by Crippen LogP contribution is 2.39. The van der Waals surface area contributed by atoms with Crippen LogP contribution in [0.1, 0.15) is 43.6 Å². The number of rotatable bonds is 4. The smallest absolute Gasteiger partial charge is 0.225 e. The molecule has 0 aliphatic heterocycles. The SMILES string of the molecule is CC(C)CCNc1nc(Cl)nc2sc3c(c12)CCCC3. The Morgan fingerprint density at radius 2 is 2.05 bits per heavy atom. The van der Waals surface area contributed by atoms with Gasteiger partial charge in [-0.2, -0.15) is 0 Å². The monoisotopic (exact) mass is 309 g/mol. The van der Waals surface area contributed by atoms with Gasteiger partial charge in [-0.05, 0) is 55.2 Å². The molecule has 2 aromatic rings. The average Bonchev–Trinajstić information content (AvgIpc) is 2.75. The second-order valence-corrected chi connectivity index (χ2v) is 7.26. The third-order valence-electron chi connectivity index (χ3n) is 3.80. The number of hydrogen-bond acceptors (Lipinski definition) is 4. The van der Waals surface area contributed by atoms with Crippen molar-refractivity contribution >= 4 is 39.0 Å². The van der Waals surface area contributed by atoms with Gasteiger partial charge in [0, 0.05) is 11.4 Å². The predicted molar refractivity (Wildman–Crippen MR) is 87.0 cm³/mol. The van der Waals surface area contributed by atoms with E-state index in [0.717, 1.165) is 30.0 Å². The number of nitrogens with one attached hydrogen (secondary N) is 1. The molecule has 3 nitrogen and oxygen atoms in total. The lowest BCUT2D eigenvalue weighted by molar-refractivity contribution is 0.607. The van der Waals surface area contributed by atoms with Gasteiger partial charge >= 0.3 is 0 Å². The van der Waals surface area contributed by atoms with Gasteiger partial charge in [0.1, 0.15) is 10.6 Å². The van der Waals surface area contributed by atoms with Crippen LogP contribution in [0.4, 0.5) is 5.82 Å². The van der Waals surface area contributed by atoms with Crippen LogP contribution in [-0.2, 0) is 12.8 Å². The fourth-order valence-electron chi connectivity index (χ4n) is 2.74. The number of hydrogen-bond donors (Lipinski definition) is 1. The van der Waals surface area contributed by atoms with Crippen LogP contribution < -0.4 is 5.32 Å². The molecule has 0 saturated carbocycles. The van der Waals surface area contributed by atoms with E-state index in [9.17, 15) is 0 Å². The molecular formula is C15H20ClN3S. The first kappa shape index (κ1) is 14.1. The van der Waals surface area contributed by atoms with Crippen molar-refractivity contribution in [3.63, 3.8) is 0 Å². The standard InChI is InChI=1S/C15H20ClN3S/c1-9(2)7-8-17-13-12-10-5-3-4-6-11(10)20-14(12)19-15(16)18-13/h9H,3-8H2,1-2H3,(H,17,18,19). The maximum atomic E-state index is 6.07. The summed E-state index contributed by atoms with van der Waals surface area (Å²) in [6.07, 6.45) is 6.03. The van der Waals surface area contributed by atoms with E-state index in [1.54, 1.807) is 11.3 Å². The second kappa shape index (κ2) is 5.86. The van der Waals surface area contributed by atoms with E-state index in [-0.39, 0.29) is 0 Å². The number of nitrogens with zero attached hydrogens (tertiary/aromatic N) is 2. The molecule has 1 aliphatic carbocycles. The van der Waals surface area contributed by atoms with Gasteiger partial charge in [-0.3, -0.25) is 0 Å². The zero-order valence-corrected chi connectivity index (χ0v) is 13.6.